The molecule has 35 heavy (non-hydrogen) atoms. The van der Waals surface area contributed by atoms with E-state index in [-0.39, 0.29) is 11.7 Å². The Morgan fingerprint density at radius 1 is 0.971 bits per heavy atom. The molecule has 1 saturated carbocycles. The van der Waals surface area contributed by atoms with Crippen LogP contribution in [0.15, 0.2) is 72.0 Å². The van der Waals surface area contributed by atoms with Crippen LogP contribution in [0, 0.1) is 5.82 Å². The average Bonchev–Trinajstić information content (AvgIpc) is 3.02. The molecule has 1 aliphatic carbocycles. The molecule has 0 radical (unpaired) electrons. The van der Waals surface area contributed by atoms with Gasteiger partial charge >= 0.3 is 0 Å². The highest BCUT2D eigenvalue weighted by atomic mass is 32.2. The molecule has 0 atom stereocenters. The molecule has 180 valence electrons. The van der Waals surface area contributed by atoms with Gasteiger partial charge in [0.1, 0.15) is 11.3 Å². The van der Waals surface area contributed by atoms with Crippen molar-refractivity contribution in [3.05, 3.63) is 89.4 Å². The van der Waals surface area contributed by atoms with Crippen LogP contribution in [-0.4, -0.2) is 26.5 Å². The second kappa shape index (κ2) is 11.0. The van der Waals surface area contributed by atoms with Crippen molar-refractivity contribution < 1.29 is 9.18 Å². The van der Waals surface area contributed by atoms with E-state index in [2.05, 4.69) is 14.9 Å². The number of hydrogen-bond acceptors (Lipinski definition) is 4. The zero-order valence-electron chi connectivity index (χ0n) is 19.6. The van der Waals surface area contributed by atoms with Crippen LogP contribution in [-0.2, 0) is 12.3 Å². The van der Waals surface area contributed by atoms with Crippen molar-refractivity contribution in [3.8, 4) is 0 Å². The highest BCUT2D eigenvalue weighted by Gasteiger charge is 2.16. The Hall–Kier alpha value is -3.19. The van der Waals surface area contributed by atoms with Gasteiger partial charge in [0.15, 0.2) is 10.8 Å². The normalized spacial score (nSPS) is 14.7. The summed E-state index contributed by atoms with van der Waals surface area (Å²) < 4.78 is 15.4. The summed E-state index contributed by atoms with van der Waals surface area (Å²) in [6.07, 6.45) is 8.85. The molecule has 0 saturated heterocycles. The van der Waals surface area contributed by atoms with Gasteiger partial charge in [-0.25, -0.2) is 14.4 Å². The first kappa shape index (κ1) is 23.5. The van der Waals surface area contributed by atoms with E-state index in [0.717, 1.165) is 46.0 Å². The average molecular weight is 489 g/mol. The number of benzene rings is 2. The minimum Gasteiger partial charge on any atom is -0.349 e. The number of pyridine rings is 1. The van der Waals surface area contributed by atoms with Gasteiger partial charge in [-0.05, 0) is 60.4 Å². The molecule has 5 rings (SSSR count). The molecular weight excluding hydrogens is 459 g/mol. The molecule has 0 bridgehead atoms. The van der Waals surface area contributed by atoms with Crippen LogP contribution in [0.4, 0.5) is 4.39 Å². The predicted octanol–water partition coefficient (Wildman–Crippen LogP) is 6.36. The second-order valence-corrected chi connectivity index (χ2v) is 10.0. The molecule has 0 aliphatic heterocycles. The second-order valence-electron chi connectivity index (χ2n) is 9.10. The smallest absolute Gasteiger partial charge is 0.251 e. The monoisotopic (exact) mass is 488 g/mol. The molecule has 5 nitrogen and oxygen atoms in total. The first-order valence-corrected chi connectivity index (χ1v) is 13.2. The highest BCUT2D eigenvalue weighted by molar-refractivity contribution is 7.98. The van der Waals surface area contributed by atoms with Crippen LogP contribution in [0.3, 0.4) is 0 Å². The van der Waals surface area contributed by atoms with Gasteiger partial charge in [-0.1, -0.05) is 61.7 Å². The molecule has 1 aliphatic rings. The minimum absolute atomic E-state index is 0.0169. The fourth-order valence-corrected chi connectivity index (χ4v) is 5.51. The lowest BCUT2D eigenvalue weighted by Gasteiger charge is -2.16. The maximum Gasteiger partial charge on any atom is 0.251 e. The van der Waals surface area contributed by atoms with E-state index in [1.54, 1.807) is 30.1 Å². The molecule has 4 aromatic rings. The molecule has 0 spiro atoms. The van der Waals surface area contributed by atoms with Crippen molar-refractivity contribution in [3.63, 3.8) is 0 Å². The van der Waals surface area contributed by atoms with Gasteiger partial charge in [-0.15, -0.1) is 0 Å². The number of aromatic nitrogens is 3. The molecule has 1 fully saturated rings. The van der Waals surface area contributed by atoms with Crippen LogP contribution in [0.5, 0.6) is 0 Å². The van der Waals surface area contributed by atoms with Crippen LogP contribution in [0.2, 0.25) is 0 Å². The van der Waals surface area contributed by atoms with Gasteiger partial charge < -0.3 is 5.32 Å². The summed E-state index contributed by atoms with van der Waals surface area (Å²) in [5.74, 6) is 0.490. The zero-order chi connectivity index (χ0) is 24.0. The molecule has 2 aromatic heterocycles. The van der Waals surface area contributed by atoms with Crippen molar-refractivity contribution in [1.82, 2.24) is 19.9 Å². The van der Waals surface area contributed by atoms with E-state index in [1.165, 1.54) is 37.8 Å². The molecule has 2 aromatic carbocycles. The lowest BCUT2D eigenvalue weighted by molar-refractivity contribution is 0.0933. The molecule has 1 amide bonds. The Labute approximate surface area is 209 Å². The third-order valence-electron chi connectivity index (χ3n) is 6.50. The van der Waals surface area contributed by atoms with Crippen molar-refractivity contribution in [1.29, 1.82) is 0 Å². The maximum absolute atomic E-state index is 13.4. The third-order valence-corrected chi connectivity index (χ3v) is 7.54. The van der Waals surface area contributed by atoms with Gasteiger partial charge in [-0.2, -0.15) is 0 Å². The Morgan fingerprint density at radius 3 is 2.43 bits per heavy atom. The van der Waals surface area contributed by atoms with Crippen LogP contribution < -0.4 is 5.32 Å². The summed E-state index contributed by atoms with van der Waals surface area (Å²) in [7, 11) is 0. The minimum atomic E-state index is -0.247. The summed E-state index contributed by atoms with van der Waals surface area (Å²) in [6, 6.07) is 18.5. The van der Waals surface area contributed by atoms with E-state index in [9.17, 15) is 9.18 Å². The SMILES string of the molecule is O=C(NC1CCCCCC1)c1ccc(CSc2nc3cccnc3n2Cc2ccc(F)cc2)cc1. The first-order valence-electron chi connectivity index (χ1n) is 12.2. The molecule has 1 N–H and O–H groups in total. The summed E-state index contributed by atoms with van der Waals surface area (Å²) in [6.45, 7) is 0.566. The van der Waals surface area contributed by atoms with Gasteiger partial charge in [-0.3, -0.25) is 9.36 Å². The fourth-order valence-electron chi connectivity index (χ4n) is 4.56. The summed E-state index contributed by atoms with van der Waals surface area (Å²) in [5.41, 5.74) is 4.46. The Balaban J connectivity index is 1.27. The van der Waals surface area contributed by atoms with Crippen LogP contribution in [0.25, 0.3) is 11.2 Å². The predicted molar refractivity (Wildman–Crippen MR) is 138 cm³/mol. The Bertz CT molecular complexity index is 1280. The number of thioether (sulfide) groups is 1. The molecule has 2 heterocycles. The van der Waals surface area contributed by atoms with E-state index < -0.39 is 0 Å². The van der Waals surface area contributed by atoms with Crippen LogP contribution >= 0.6 is 11.8 Å². The lowest BCUT2D eigenvalue weighted by Crippen LogP contribution is -2.34. The van der Waals surface area contributed by atoms with Gasteiger partial charge in [0.05, 0.1) is 6.54 Å². The topological polar surface area (TPSA) is 59.8 Å². The van der Waals surface area contributed by atoms with Gasteiger partial charge in [0, 0.05) is 23.6 Å². The third kappa shape index (κ3) is 5.90. The summed E-state index contributed by atoms with van der Waals surface area (Å²) >= 11 is 1.63. The lowest BCUT2D eigenvalue weighted by atomic mass is 10.1. The van der Waals surface area contributed by atoms with E-state index in [4.69, 9.17) is 4.98 Å². The number of imidazole rings is 1. The Kier molecular flexibility index (Phi) is 7.42. The number of carbonyl (C=O) groups excluding carboxylic acids is 1. The van der Waals surface area contributed by atoms with Crippen molar-refractivity contribution in [2.24, 2.45) is 0 Å². The quantitative estimate of drug-likeness (QED) is 0.243. The number of carbonyl (C=O) groups is 1. The number of fused-ring (bicyclic) bond motifs is 1. The van der Waals surface area contributed by atoms with Crippen molar-refractivity contribution >= 4 is 28.8 Å². The van der Waals surface area contributed by atoms with Gasteiger partial charge in [0.25, 0.3) is 5.91 Å². The van der Waals surface area contributed by atoms with Crippen molar-refractivity contribution in [2.75, 3.05) is 0 Å². The van der Waals surface area contributed by atoms with E-state index in [1.807, 2.05) is 36.4 Å². The van der Waals surface area contributed by atoms with E-state index in [0.29, 0.717) is 18.2 Å². The molecular formula is C28H29FN4OS. The number of amides is 1. The standard InChI is InChI=1S/C28H29FN4OS/c29-23-15-11-20(12-16-23)18-33-26-25(8-5-17-30-26)32-28(33)35-19-21-9-13-22(14-10-21)27(34)31-24-6-3-1-2-4-7-24/h5,8-17,24H,1-4,6-7,18-19H2,(H,31,34). The fraction of sp³-hybridized carbons (Fsp3) is 0.321. The zero-order valence-corrected chi connectivity index (χ0v) is 20.4. The number of nitrogens with one attached hydrogen (secondary N) is 1. The summed E-state index contributed by atoms with van der Waals surface area (Å²) in [4.78, 5) is 22.0. The highest BCUT2D eigenvalue weighted by Crippen LogP contribution is 2.27. The number of hydrogen-bond donors (Lipinski definition) is 1. The van der Waals surface area contributed by atoms with Gasteiger partial charge in [0.2, 0.25) is 0 Å². The Morgan fingerprint density at radius 2 is 1.69 bits per heavy atom. The maximum atomic E-state index is 13.4. The van der Waals surface area contributed by atoms with Crippen LogP contribution in [0.1, 0.15) is 60.0 Å². The first-order chi connectivity index (χ1) is 17.2. The van der Waals surface area contributed by atoms with E-state index >= 15 is 0 Å². The van der Waals surface area contributed by atoms with Crippen molar-refractivity contribution in [2.45, 2.75) is 62.0 Å². The summed E-state index contributed by atoms with van der Waals surface area (Å²) in [5, 5.41) is 4.07. The number of rotatable bonds is 7. The molecule has 7 heteroatoms. The largest absolute Gasteiger partial charge is 0.349 e. The molecule has 0 unspecified atom stereocenters. The number of nitrogens with zero attached hydrogens (tertiary/aromatic N) is 3. The number of halogens is 1.